The van der Waals surface area contributed by atoms with Crippen LogP contribution in [-0.2, 0) is 16.4 Å². The Morgan fingerprint density at radius 2 is 1.77 bits per heavy atom. The lowest BCUT2D eigenvalue weighted by atomic mass is 10.1. The van der Waals surface area contributed by atoms with E-state index < -0.39 is 16.1 Å². The molecule has 2 aromatic carbocycles. The molecule has 2 heterocycles. The van der Waals surface area contributed by atoms with Crippen LogP contribution in [0.4, 0.5) is 0 Å². The van der Waals surface area contributed by atoms with Crippen LogP contribution in [0.15, 0.2) is 77.8 Å². The molecular formula is C23H24N2O5S. The topological polar surface area (TPSA) is 78.0 Å². The van der Waals surface area contributed by atoms with Crippen LogP contribution in [0.5, 0.6) is 17.4 Å². The van der Waals surface area contributed by atoms with Crippen molar-refractivity contribution in [3.63, 3.8) is 0 Å². The normalized spacial score (nSPS) is 17.8. The number of pyridine rings is 1. The van der Waals surface area contributed by atoms with Crippen molar-refractivity contribution in [1.82, 2.24) is 9.29 Å². The van der Waals surface area contributed by atoms with E-state index >= 15 is 0 Å². The van der Waals surface area contributed by atoms with E-state index in [0.29, 0.717) is 18.7 Å². The van der Waals surface area contributed by atoms with Gasteiger partial charge in [0, 0.05) is 12.7 Å². The predicted octanol–water partition coefficient (Wildman–Crippen LogP) is 3.16. The lowest BCUT2D eigenvalue weighted by molar-refractivity contribution is 0.108. The summed E-state index contributed by atoms with van der Waals surface area (Å²) in [6.45, 7) is 0.685. The minimum atomic E-state index is -3.74. The van der Waals surface area contributed by atoms with Crippen molar-refractivity contribution in [3.8, 4) is 17.4 Å². The summed E-state index contributed by atoms with van der Waals surface area (Å²) in [6, 6.07) is 20.1. The van der Waals surface area contributed by atoms with Gasteiger partial charge >= 0.3 is 0 Å². The molecule has 0 fully saturated rings. The van der Waals surface area contributed by atoms with Crippen molar-refractivity contribution < 1.29 is 22.6 Å². The van der Waals surface area contributed by atoms with Gasteiger partial charge in [0.05, 0.1) is 13.7 Å². The summed E-state index contributed by atoms with van der Waals surface area (Å²) < 4.78 is 45.0. The average molecular weight is 441 g/mol. The third-order valence-corrected chi connectivity index (χ3v) is 6.91. The number of ether oxygens (including phenoxy) is 3. The van der Waals surface area contributed by atoms with E-state index in [0.717, 1.165) is 11.3 Å². The Hall–Kier alpha value is -3.10. The van der Waals surface area contributed by atoms with E-state index in [9.17, 15) is 8.42 Å². The van der Waals surface area contributed by atoms with Gasteiger partial charge in [-0.25, -0.2) is 13.4 Å². The van der Waals surface area contributed by atoms with E-state index in [4.69, 9.17) is 14.2 Å². The number of nitrogens with zero attached hydrogens (tertiary/aromatic N) is 2. The Kier molecular flexibility index (Phi) is 6.39. The Morgan fingerprint density at radius 3 is 2.52 bits per heavy atom. The maximum absolute atomic E-state index is 13.3. The molecule has 0 radical (unpaired) electrons. The molecule has 4 rings (SSSR count). The molecule has 1 aromatic heterocycles. The quantitative estimate of drug-likeness (QED) is 0.562. The van der Waals surface area contributed by atoms with Crippen molar-refractivity contribution in [3.05, 3.63) is 78.5 Å². The van der Waals surface area contributed by atoms with Crippen LogP contribution < -0.4 is 14.2 Å². The smallest absolute Gasteiger partial charge is 0.248 e. The number of sulfonamides is 1. The lowest BCUT2D eigenvalue weighted by Gasteiger charge is -2.23. The molecule has 1 atom stereocenters. The molecule has 0 saturated heterocycles. The van der Waals surface area contributed by atoms with Crippen LogP contribution in [0.2, 0.25) is 0 Å². The van der Waals surface area contributed by atoms with Crippen LogP contribution in [-0.4, -0.2) is 50.6 Å². The minimum Gasteiger partial charge on any atom is -0.497 e. The van der Waals surface area contributed by atoms with Gasteiger partial charge in [-0.1, -0.05) is 30.3 Å². The molecule has 0 N–H and O–H groups in total. The number of methoxy groups -OCH3 is 1. The Bertz CT molecular complexity index is 1100. The standard InChI is InChI=1S/C23H24N2O5S/c1-28-19-9-11-20(12-10-19)29-17-21-16-25(15-13-18-6-3-2-4-7-18)31(26,27)22-8-5-14-24-23(22)30-21/h2-12,14,21H,13,15-17H2,1H3. The Balaban J connectivity index is 1.53. The first-order valence-electron chi connectivity index (χ1n) is 9.99. The molecule has 7 nitrogen and oxygen atoms in total. The van der Waals surface area contributed by atoms with Crippen molar-refractivity contribution in [2.75, 3.05) is 26.8 Å². The van der Waals surface area contributed by atoms with E-state index in [2.05, 4.69) is 4.98 Å². The summed E-state index contributed by atoms with van der Waals surface area (Å²) in [5, 5.41) is 0. The predicted molar refractivity (Wildman–Crippen MR) is 116 cm³/mol. The second kappa shape index (κ2) is 9.36. The van der Waals surface area contributed by atoms with Gasteiger partial charge in [-0.15, -0.1) is 0 Å². The molecule has 0 spiro atoms. The summed E-state index contributed by atoms with van der Waals surface area (Å²) in [5.74, 6) is 1.48. The highest BCUT2D eigenvalue weighted by atomic mass is 32.2. The zero-order valence-electron chi connectivity index (χ0n) is 17.2. The van der Waals surface area contributed by atoms with E-state index in [-0.39, 0.29) is 23.9 Å². The van der Waals surface area contributed by atoms with Gasteiger partial charge in [-0.05, 0) is 48.4 Å². The summed E-state index contributed by atoms with van der Waals surface area (Å²) in [6.07, 6.45) is 1.61. The van der Waals surface area contributed by atoms with Gasteiger partial charge in [0.2, 0.25) is 15.9 Å². The average Bonchev–Trinajstić information content (AvgIpc) is 2.91. The van der Waals surface area contributed by atoms with Crippen LogP contribution in [0.3, 0.4) is 0 Å². The fraction of sp³-hybridized carbons (Fsp3) is 0.261. The molecular weight excluding hydrogens is 416 g/mol. The third-order valence-electron chi connectivity index (χ3n) is 5.03. The fourth-order valence-electron chi connectivity index (χ4n) is 3.38. The Labute approximate surface area is 182 Å². The van der Waals surface area contributed by atoms with Gasteiger partial charge in [-0.2, -0.15) is 4.31 Å². The molecule has 162 valence electrons. The highest BCUT2D eigenvalue weighted by Gasteiger charge is 2.35. The summed E-state index contributed by atoms with van der Waals surface area (Å²) in [4.78, 5) is 4.23. The van der Waals surface area contributed by atoms with Gasteiger partial charge < -0.3 is 14.2 Å². The first-order valence-corrected chi connectivity index (χ1v) is 11.4. The number of aromatic nitrogens is 1. The van der Waals surface area contributed by atoms with Crippen molar-refractivity contribution >= 4 is 10.0 Å². The molecule has 0 amide bonds. The summed E-state index contributed by atoms with van der Waals surface area (Å²) in [7, 11) is -2.14. The highest BCUT2D eigenvalue weighted by Crippen LogP contribution is 2.29. The Morgan fingerprint density at radius 1 is 1.03 bits per heavy atom. The monoisotopic (exact) mass is 440 g/mol. The number of rotatable bonds is 7. The highest BCUT2D eigenvalue weighted by molar-refractivity contribution is 7.89. The summed E-state index contributed by atoms with van der Waals surface area (Å²) in [5.41, 5.74) is 1.07. The van der Waals surface area contributed by atoms with E-state index in [1.807, 2.05) is 30.3 Å². The minimum absolute atomic E-state index is 0.0787. The van der Waals surface area contributed by atoms with Gasteiger partial charge in [-0.3, -0.25) is 0 Å². The second-order valence-corrected chi connectivity index (χ2v) is 9.04. The number of benzene rings is 2. The van der Waals surface area contributed by atoms with E-state index in [1.165, 1.54) is 16.6 Å². The lowest BCUT2D eigenvalue weighted by Crippen LogP contribution is -2.40. The van der Waals surface area contributed by atoms with Crippen LogP contribution in [0, 0.1) is 0 Å². The van der Waals surface area contributed by atoms with Crippen molar-refractivity contribution in [2.24, 2.45) is 0 Å². The molecule has 0 saturated carbocycles. The number of fused-ring (bicyclic) bond motifs is 1. The zero-order valence-corrected chi connectivity index (χ0v) is 18.0. The molecule has 3 aromatic rings. The van der Waals surface area contributed by atoms with Gasteiger partial charge in [0.25, 0.3) is 0 Å². The molecule has 1 aliphatic rings. The summed E-state index contributed by atoms with van der Waals surface area (Å²) >= 11 is 0. The maximum Gasteiger partial charge on any atom is 0.248 e. The van der Waals surface area contributed by atoms with Crippen LogP contribution >= 0.6 is 0 Å². The third kappa shape index (κ3) is 4.98. The molecule has 0 aliphatic carbocycles. The van der Waals surface area contributed by atoms with Gasteiger partial charge in [0.15, 0.2) is 0 Å². The molecule has 1 unspecified atom stereocenters. The van der Waals surface area contributed by atoms with Crippen molar-refractivity contribution in [2.45, 2.75) is 17.4 Å². The molecule has 31 heavy (non-hydrogen) atoms. The second-order valence-electron chi connectivity index (χ2n) is 7.13. The first kappa shape index (κ1) is 21.1. The first-order chi connectivity index (χ1) is 15.1. The maximum atomic E-state index is 13.3. The SMILES string of the molecule is COc1ccc(OCC2CN(CCc3ccccc3)S(=O)(=O)c3cccnc3O2)cc1. The van der Waals surface area contributed by atoms with Crippen LogP contribution in [0.25, 0.3) is 0 Å². The number of hydrogen-bond donors (Lipinski definition) is 0. The van der Waals surface area contributed by atoms with Gasteiger partial charge in [0.1, 0.15) is 29.1 Å². The largest absolute Gasteiger partial charge is 0.497 e. The van der Waals surface area contributed by atoms with Crippen LogP contribution in [0.1, 0.15) is 5.56 Å². The fourth-order valence-corrected chi connectivity index (χ4v) is 4.92. The van der Waals surface area contributed by atoms with Crippen molar-refractivity contribution in [1.29, 1.82) is 0 Å². The molecule has 0 bridgehead atoms. The zero-order chi connectivity index (χ0) is 21.7. The van der Waals surface area contributed by atoms with E-state index in [1.54, 1.807) is 37.4 Å². The molecule has 8 heteroatoms. The number of hydrogen-bond acceptors (Lipinski definition) is 6. The molecule has 1 aliphatic heterocycles.